The SMILES string of the molecule is CC(=O)NN(C(=O)N1CCC(O)C1)C(C)(C)S. The molecule has 98 valence electrons. The first-order valence-corrected chi connectivity index (χ1v) is 5.93. The summed E-state index contributed by atoms with van der Waals surface area (Å²) in [4.78, 5) is 23.9. The molecule has 1 fully saturated rings. The van der Waals surface area contributed by atoms with Crippen LogP contribution < -0.4 is 5.43 Å². The molecule has 0 aromatic heterocycles. The Hall–Kier alpha value is -0.950. The van der Waals surface area contributed by atoms with Crippen molar-refractivity contribution in [3.8, 4) is 0 Å². The predicted molar refractivity (Wildman–Crippen MR) is 66.3 cm³/mol. The van der Waals surface area contributed by atoms with Crippen molar-refractivity contribution in [2.45, 2.75) is 38.2 Å². The van der Waals surface area contributed by atoms with Gasteiger partial charge in [-0.25, -0.2) is 9.80 Å². The summed E-state index contributed by atoms with van der Waals surface area (Å²) in [5, 5.41) is 10.6. The number of urea groups is 1. The standard InChI is InChI=1S/C10H19N3O3S/c1-7(14)11-13(10(2,3)17)9(16)12-5-4-8(15)6-12/h8,15,17H,4-6H2,1-3H3,(H,11,14). The summed E-state index contributed by atoms with van der Waals surface area (Å²) in [5.41, 5.74) is 2.46. The number of likely N-dealkylation sites (tertiary alicyclic amines) is 1. The fraction of sp³-hybridized carbons (Fsp3) is 0.800. The van der Waals surface area contributed by atoms with Crippen molar-refractivity contribution in [2.24, 2.45) is 0 Å². The molecule has 2 N–H and O–H groups in total. The van der Waals surface area contributed by atoms with Crippen molar-refractivity contribution in [1.29, 1.82) is 0 Å². The number of carbonyl (C=O) groups is 2. The van der Waals surface area contributed by atoms with E-state index in [2.05, 4.69) is 18.1 Å². The molecule has 17 heavy (non-hydrogen) atoms. The number of nitrogens with zero attached hydrogens (tertiary/aromatic N) is 2. The molecule has 1 saturated heterocycles. The molecule has 0 bridgehead atoms. The average Bonchev–Trinajstić information content (AvgIpc) is 2.58. The number of nitrogens with one attached hydrogen (secondary N) is 1. The Morgan fingerprint density at radius 2 is 2.12 bits per heavy atom. The van der Waals surface area contributed by atoms with Gasteiger partial charge < -0.3 is 10.0 Å². The van der Waals surface area contributed by atoms with Gasteiger partial charge in [0.25, 0.3) is 0 Å². The lowest BCUT2D eigenvalue weighted by Crippen LogP contribution is -2.58. The summed E-state index contributed by atoms with van der Waals surface area (Å²) >= 11 is 4.28. The molecule has 1 aliphatic rings. The van der Waals surface area contributed by atoms with Gasteiger partial charge in [-0.1, -0.05) is 0 Å². The van der Waals surface area contributed by atoms with E-state index >= 15 is 0 Å². The van der Waals surface area contributed by atoms with Crippen molar-refractivity contribution in [3.63, 3.8) is 0 Å². The molecule has 0 radical (unpaired) electrons. The largest absolute Gasteiger partial charge is 0.391 e. The lowest BCUT2D eigenvalue weighted by Gasteiger charge is -2.36. The highest BCUT2D eigenvalue weighted by Gasteiger charge is 2.35. The molecule has 3 amide bonds. The molecule has 0 saturated carbocycles. The van der Waals surface area contributed by atoms with Crippen molar-refractivity contribution >= 4 is 24.6 Å². The molecule has 0 aromatic rings. The Morgan fingerprint density at radius 3 is 2.47 bits per heavy atom. The van der Waals surface area contributed by atoms with Crippen molar-refractivity contribution in [1.82, 2.24) is 15.3 Å². The molecular formula is C10H19N3O3S. The fourth-order valence-electron chi connectivity index (χ4n) is 1.63. The third-order valence-corrected chi connectivity index (χ3v) is 2.64. The van der Waals surface area contributed by atoms with E-state index in [-0.39, 0.29) is 11.9 Å². The van der Waals surface area contributed by atoms with Gasteiger partial charge in [-0.05, 0) is 20.3 Å². The highest BCUT2D eigenvalue weighted by Crippen LogP contribution is 2.20. The van der Waals surface area contributed by atoms with Gasteiger partial charge in [0.05, 0.1) is 6.10 Å². The van der Waals surface area contributed by atoms with Crippen molar-refractivity contribution in [3.05, 3.63) is 0 Å². The number of rotatable bonds is 1. The molecule has 6 nitrogen and oxygen atoms in total. The van der Waals surface area contributed by atoms with E-state index in [0.29, 0.717) is 19.5 Å². The van der Waals surface area contributed by atoms with Crippen LogP contribution in [0.3, 0.4) is 0 Å². The van der Waals surface area contributed by atoms with E-state index in [4.69, 9.17) is 0 Å². The molecule has 1 aliphatic heterocycles. The minimum absolute atomic E-state index is 0.290. The van der Waals surface area contributed by atoms with Crippen LogP contribution in [0.1, 0.15) is 27.2 Å². The molecule has 0 aliphatic carbocycles. The van der Waals surface area contributed by atoms with E-state index < -0.39 is 11.0 Å². The van der Waals surface area contributed by atoms with Crippen LogP contribution in [0, 0.1) is 0 Å². The van der Waals surface area contributed by atoms with Crippen molar-refractivity contribution < 1.29 is 14.7 Å². The van der Waals surface area contributed by atoms with Crippen LogP contribution in [-0.4, -0.2) is 51.0 Å². The minimum atomic E-state index is -0.809. The number of hydrogen-bond acceptors (Lipinski definition) is 4. The van der Waals surface area contributed by atoms with Crippen LogP contribution >= 0.6 is 12.6 Å². The van der Waals surface area contributed by atoms with Crippen LogP contribution in [0.25, 0.3) is 0 Å². The first-order valence-electron chi connectivity index (χ1n) is 5.48. The Morgan fingerprint density at radius 1 is 1.53 bits per heavy atom. The Balaban J connectivity index is 2.76. The molecule has 0 aromatic carbocycles. The normalized spacial score (nSPS) is 20.3. The summed E-state index contributed by atoms with van der Waals surface area (Å²) in [6.45, 7) is 5.52. The van der Waals surface area contributed by atoms with E-state index in [9.17, 15) is 14.7 Å². The first kappa shape index (κ1) is 14.1. The number of hydrazine groups is 1. The number of aliphatic hydroxyl groups excluding tert-OH is 1. The molecule has 0 spiro atoms. The van der Waals surface area contributed by atoms with Crippen LogP contribution in [-0.2, 0) is 4.79 Å². The number of aliphatic hydroxyl groups is 1. The monoisotopic (exact) mass is 261 g/mol. The third-order valence-electron chi connectivity index (χ3n) is 2.44. The summed E-state index contributed by atoms with van der Waals surface area (Å²) < 4.78 is 0. The number of hydrogen-bond donors (Lipinski definition) is 3. The molecule has 1 heterocycles. The fourth-order valence-corrected chi connectivity index (χ4v) is 1.77. The molecule has 7 heteroatoms. The minimum Gasteiger partial charge on any atom is -0.391 e. The highest BCUT2D eigenvalue weighted by molar-refractivity contribution is 7.81. The molecular weight excluding hydrogens is 242 g/mol. The van der Waals surface area contributed by atoms with Crippen LogP contribution in [0.5, 0.6) is 0 Å². The quantitative estimate of drug-likeness (QED) is 0.358. The Kier molecular flexibility index (Phi) is 4.26. The van der Waals surface area contributed by atoms with Crippen LogP contribution in [0.4, 0.5) is 4.79 Å². The second kappa shape index (κ2) is 5.14. The van der Waals surface area contributed by atoms with Gasteiger partial charge in [0.15, 0.2) is 0 Å². The Labute approximate surface area is 106 Å². The zero-order valence-electron chi connectivity index (χ0n) is 10.3. The maximum Gasteiger partial charge on any atom is 0.340 e. The molecule has 1 unspecified atom stereocenters. The number of β-amino-alcohol motifs (C(OH)–C–C–N with tert-alkyl or cyclic N) is 1. The second-order valence-electron chi connectivity index (χ2n) is 4.67. The van der Waals surface area contributed by atoms with E-state index in [1.165, 1.54) is 16.8 Å². The maximum absolute atomic E-state index is 12.2. The van der Waals surface area contributed by atoms with Gasteiger partial charge in [0, 0.05) is 20.0 Å². The highest BCUT2D eigenvalue weighted by atomic mass is 32.1. The van der Waals surface area contributed by atoms with Gasteiger partial charge >= 0.3 is 6.03 Å². The maximum atomic E-state index is 12.2. The lowest BCUT2D eigenvalue weighted by atomic mass is 10.3. The van der Waals surface area contributed by atoms with E-state index in [0.717, 1.165) is 0 Å². The topological polar surface area (TPSA) is 72.9 Å². The summed E-state index contributed by atoms with van der Waals surface area (Å²) in [6.07, 6.45) is 0.0771. The second-order valence-corrected chi connectivity index (χ2v) is 5.76. The van der Waals surface area contributed by atoms with Crippen molar-refractivity contribution in [2.75, 3.05) is 13.1 Å². The van der Waals surface area contributed by atoms with Gasteiger partial charge in [0.2, 0.25) is 5.91 Å². The average molecular weight is 261 g/mol. The van der Waals surface area contributed by atoms with Crippen LogP contribution in [0.15, 0.2) is 0 Å². The number of thiol groups is 1. The lowest BCUT2D eigenvalue weighted by molar-refractivity contribution is -0.123. The van der Waals surface area contributed by atoms with Gasteiger partial charge in [0.1, 0.15) is 4.87 Å². The predicted octanol–water partition coefficient (Wildman–Crippen LogP) is 0.192. The summed E-state index contributed by atoms with van der Waals surface area (Å²) in [7, 11) is 0. The summed E-state index contributed by atoms with van der Waals surface area (Å²) in [5.74, 6) is -0.333. The summed E-state index contributed by atoms with van der Waals surface area (Å²) in [6, 6.07) is -0.350. The van der Waals surface area contributed by atoms with Crippen LogP contribution in [0.2, 0.25) is 0 Å². The molecule has 1 rings (SSSR count). The van der Waals surface area contributed by atoms with E-state index in [1.54, 1.807) is 13.8 Å². The Bertz CT molecular complexity index is 316. The first-order chi connectivity index (χ1) is 7.71. The van der Waals surface area contributed by atoms with Gasteiger partial charge in [-0.3, -0.25) is 10.2 Å². The van der Waals surface area contributed by atoms with Gasteiger partial charge in [-0.15, -0.1) is 12.6 Å². The number of carbonyl (C=O) groups excluding carboxylic acids is 2. The third kappa shape index (κ3) is 3.78. The van der Waals surface area contributed by atoms with Gasteiger partial charge in [-0.2, -0.15) is 0 Å². The zero-order chi connectivity index (χ0) is 13.2. The molecule has 1 atom stereocenters. The number of amides is 3. The van der Waals surface area contributed by atoms with E-state index in [1.807, 2.05) is 0 Å². The zero-order valence-corrected chi connectivity index (χ0v) is 11.2. The smallest absolute Gasteiger partial charge is 0.340 e.